The molecule has 2 N–H and O–H groups in total. The summed E-state index contributed by atoms with van der Waals surface area (Å²) in [6, 6.07) is 8.29. The van der Waals surface area contributed by atoms with Gasteiger partial charge in [-0.3, -0.25) is 9.59 Å². The number of aromatic nitrogens is 1. The van der Waals surface area contributed by atoms with Crippen molar-refractivity contribution in [2.75, 3.05) is 6.79 Å². The number of benzene rings is 1. The highest BCUT2D eigenvalue weighted by Crippen LogP contribution is 2.32. The van der Waals surface area contributed by atoms with Crippen LogP contribution >= 0.6 is 0 Å². The van der Waals surface area contributed by atoms with Crippen LogP contribution < -0.4 is 20.3 Å². The molecule has 3 rings (SSSR count). The van der Waals surface area contributed by atoms with Gasteiger partial charge in [0.15, 0.2) is 11.5 Å². The lowest BCUT2D eigenvalue weighted by Crippen LogP contribution is -2.24. The van der Waals surface area contributed by atoms with E-state index in [9.17, 15) is 9.59 Å². The third-order valence-corrected chi connectivity index (χ3v) is 2.93. The third-order valence-electron chi connectivity index (χ3n) is 2.93. The highest BCUT2D eigenvalue weighted by atomic mass is 16.7. The average molecular weight is 272 g/mol. The SMILES string of the molecule is O=C(NCc1ccc2c(c1)OCO2)c1cc[nH]c(=O)c1. The van der Waals surface area contributed by atoms with Gasteiger partial charge in [0.25, 0.3) is 5.91 Å². The molecule has 0 fully saturated rings. The Hall–Kier alpha value is -2.76. The number of amides is 1. The summed E-state index contributed by atoms with van der Waals surface area (Å²) in [5.41, 5.74) is 0.919. The number of carbonyl (C=O) groups is 1. The van der Waals surface area contributed by atoms with Gasteiger partial charge < -0.3 is 19.8 Å². The predicted octanol–water partition coefficient (Wildman–Crippen LogP) is 1.03. The molecule has 2 aromatic rings. The second-order valence-corrected chi connectivity index (χ2v) is 4.31. The van der Waals surface area contributed by atoms with Crippen LogP contribution in [-0.2, 0) is 6.54 Å². The van der Waals surface area contributed by atoms with Crippen LogP contribution in [0.3, 0.4) is 0 Å². The lowest BCUT2D eigenvalue weighted by molar-refractivity contribution is 0.0950. The molecule has 0 spiro atoms. The standard InChI is InChI=1S/C14H12N2O4/c17-13-6-10(3-4-15-13)14(18)16-7-9-1-2-11-12(5-9)20-8-19-11/h1-6H,7-8H2,(H,15,17)(H,16,18). The van der Waals surface area contributed by atoms with E-state index >= 15 is 0 Å². The second-order valence-electron chi connectivity index (χ2n) is 4.31. The normalized spacial score (nSPS) is 12.2. The Morgan fingerprint density at radius 1 is 1.20 bits per heavy atom. The Kier molecular flexibility index (Phi) is 3.12. The molecule has 1 aliphatic heterocycles. The minimum atomic E-state index is -0.305. The number of hydrogen-bond acceptors (Lipinski definition) is 4. The molecule has 0 bridgehead atoms. The molecule has 102 valence electrons. The maximum absolute atomic E-state index is 11.9. The maximum atomic E-state index is 11.9. The molecule has 6 heteroatoms. The minimum absolute atomic E-state index is 0.220. The van der Waals surface area contributed by atoms with E-state index in [0.29, 0.717) is 23.6 Å². The van der Waals surface area contributed by atoms with Crippen molar-refractivity contribution in [1.29, 1.82) is 0 Å². The Bertz CT molecular complexity index is 708. The molecule has 1 aromatic carbocycles. The van der Waals surface area contributed by atoms with Gasteiger partial charge in [0.1, 0.15) is 0 Å². The molecule has 1 amide bonds. The highest BCUT2D eigenvalue weighted by molar-refractivity contribution is 5.93. The number of carbonyl (C=O) groups excluding carboxylic acids is 1. The van der Waals surface area contributed by atoms with E-state index in [2.05, 4.69) is 10.3 Å². The number of fused-ring (bicyclic) bond motifs is 1. The molecule has 0 radical (unpaired) electrons. The van der Waals surface area contributed by atoms with E-state index < -0.39 is 0 Å². The van der Waals surface area contributed by atoms with Crippen LogP contribution in [0.1, 0.15) is 15.9 Å². The minimum Gasteiger partial charge on any atom is -0.454 e. The zero-order valence-corrected chi connectivity index (χ0v) is 10.5. The van der Waals surface area contributed by atoms with Gasteiger partial charge in [0.05, 0.1) is 0 Å². The first-order valence-corrected chi connectivity index (χ1v) is 6.08. The molecule has 0 saturated carbocycles. The molecule has 0 atom stereocenters. The summed E-state index contributed by atoms with van der Waals surface area (Å²) in [5.74, 6) is 1.08. The van der Waals surface area contributed by atoms with Crippen LogP contribution in [0.15, 0.2) is 41.3 Å². The van der Waals surface area contributed by atoms with Crippen molar-refractivity contribution in [2.45, 2.75) is 6.54 Å². The molecule has 1 aromatic heterocycles. The largest absolute Gasteiger partial charge is 0.454 e. The number of H-pyrrole nitrogens is 1. The van der Waals surface area contributed by atoms with Crippen LogP contribution in [-0.4, -0.2) is 17.7 Å². The number of pyridine rings is 1. The van der Waals surface area contributed by atoms with Gasteiger partial charge in [-0.2, -0.15) is 0 Å². The lowest BCUT2D eigenvalue weighted by atomic mass is 10.2. The Labute approximate surface area is 114 Å². The molecular weight excluding hydrogens is 260 g/mol. The van der Waals surface area contributed by atoms with Gasteiger partial charge >= 0.3 is 0 Å². The second kappa shape index (κ2) is 5.08. The first-order valence-electron chi connectivity index (χ1n) is 6.08. The third kappa shape index (κ3) is 2.49. The van der Waals surface area contributed by atoms with Gasteiger partial charge in [-0.1, -0.05) is 6.07 Å². The Morgan fingerprint density at radius 3 is 2.90 bits per heavy atom. The van der Waals surface area contributed by atoms with Crippen LogP contribution in [0.4, 0.5) is 0 Å². The summed E-state index contributed by atoms with van der Waals surface area (Å²) >= 11 is 0. The van der Waals surface area contributed by atoms with Crippen molar-refractivity contribution < 1.29 is 14.3 Å². The van der Waals surface area contributed by atoms with Crippen molar-refractivity contribution in [3.05, 3.63) is 58.0 Å². The van der Waals surface area contributed by atoms with Gasteiger partial charge in [0, 0.05) is 24.4 Å². The van der Waals surface area contributed by atoms with Crippen LogP contribution in [0.2, 0.25) is 0 Å². The molecule has 6 nitrogen and oxygen atoms in total. The molecule has 0 saturated heterocycles. The summed E-state index contributed by atoms with van der Waals surface area (Å²) in [7, 11) is 0. The van der Waals surface area contributed by atoms with E-state index in [-0.39, 0.29) is 18.3 Å². The van der Waals surface area contributed by atoms with Crippen LogP contribution in [0.5, 0.6) is 11.5 Å². The molecule has 0 aliphatic carbocycles. The number of hydrogen-bond donors (Lipinski definition) is 2. The molecule has 0 unspecified atom stereocenters. The average Bonchev–Trinajstić information content (AvgIpc) is 2.92. The van der Waals surface area contributed by atoms with E-state index in [1.165, 1.54) is 12.3 Å². The lowest BCUT2D eigenvalue weighted by Gasteiger charge is -2.06. The molecule has 2 heterocycles. The quantitative estimate of drug-likeness (QED) is 0.874. The Balaban J connectivity index is 1.67. The van der Waals surface area contributed by atoms with Gasteiger partial charge in [0.2, 0.25) is 12.4 Å². The summed E-state index contributed by atoms with van der Waals surface area (Å²) in [4.78, 5) is 25.5. The number of aromatic amines is 1. The highest BCUT2D eigenvalue weighted by Gasteiger charge is 2.13. The monoisotopic (exact) mass is 272 g/mol. The van der Waals surface area contributed by atoms with E-state index in [4.69, 9.17) is 9.47 Å². The molecule has 20 heavy (non-hydrogen) atoms. The fourth-order valence-corrected chi connectivity index (χ4v) is 1.92. The summed E-state index contributed by atoms with van der Waals surface area (Å²) in [6.45, 7) is 0.570. The fourth-order valence-electron chi connectivity index (χ4n) is 1.92. The number of nitrogens with one attached hydrogen (secondary N) is 2. The van der Waals surface area contributed by atoms with Crippen molar-refractivity contribution >= 4 is 5.91 Å². The maximum Gasteiger partial charge on any atom is 0.251 e. The first-order chi connectivity index (χ1) is 9.72. The summed E-state index contributed by atoms with van der Waals surface area (Å²) in [5, 5.41) is 2.75. The predicted molar refractivity (Wildman–Crippen MR) is 70.8 cm³/mol. The van der Waals surface area contributed by atoms with Gasteiger partial charge in [-0.25, -0.2) is 0 Å². The zero-order chi connectivity index (χ0) is 13.9. The summed E-state index contributed by atoms with van der Waals surface area (Å²) < 4.78 is 10.5. The van der Waals surface area contributed by atoms with Crippen molar-refractivity contribution in [3.63, 3.8) is 0 Å². The van der Waals surface area contributed by atoms with E-state index in [1.807, 2.05) is 12.1 Å². The zero-order valence-electron chi connectivity index (χ0n) is 10.5. The van der Waals surface area contributed by atoms with Crippen molar-refractivity contribution in [3.8, 4) is 11.5 Å². The smallest absolute Gasteiger partial charge is 0.251 e. The molecule has 1 aliphatic rings. The number of rotatable bonds is 3. The van der Waals surface area contributed by atoms with Gasteiger partial charge in [-0.15, -0.1) is 0 Å². The fraction of sp³-hybridized carbons (Fsp3) is 0.143. The van der Waals surface area contributed by atoms with E-state index in [1.54, 1.807) is 12.1 Å². The first kappa shape index (κ1) is 12.3. The van der Waals surface area contributed by atoms with Gasteiger partial charge in [-0.05, 0) is 23.8 Å². The molecular formula is C14H12N2O4. The Morgan fingerprint density at radius 2 is 2.05 bits per heavy atom. The van der Waals surface area contributed by atoms with Crippen molar-refractivity contribution in [1.82, 2.24) is 10.3 Å². The van der Waals surface area contributed by atoms with Crippen LogP contribution in [0.25, 0.3) is 0 Å². The topological polar surface area (TPSA) is 80.4 Å². The van der Waals surface area contributed by atoms with Crippen LogP contribution in [0, 0.1) is 0 Å². The summed E-state index contributed by atoms with van der Waals surface area (Å²) in [6.07, 6.45) is 1.44. The van der Waals surface area contributed by atoms with E-state index in [0.717, 1.165) is 5.56 Å². The number of ether oxygens (including phenoxy) is 2. The van der Waals surface area contributed by atoms with Crippen molar-refractivity contribution in [2.24, 2.45) is 0 Å².